The molecule has 0 spiro atoms. The van der Waals surface area contributed by atoms with E-state index >= 15 is 0 Å². The molecule has 0 aliphatic carbocycles. The van der Waals surface area contributed by atoms with Gasteiger partial charge in [-0.3, -0.25) is 0 Å². The molecule has 2 rings (SSSR count). The molecule has 0 saturated carbocycles. The van der Waals surface area contributed by atoms with Crippen molar-refractivity contribution in [3.63, 3.8) is 0 Å². The van der Waals surface area contributed by atoms with Crippen molar-refractivity contribution in [3.05, 3.63) is 53.6 Å². The highest BCUT2D eigenvalue weighted by atomic mass is 28.4. The second-order valence-corrected chi connectivity index (χ2v) is 22.2. The van der Waals surface area contributed by atoms with Crippen molar-refractivity contribution >= 4 is 22.7 Å². The van der Waals surface area contributed by atoms with Crippen molar-refractivity contribution in [1.29, 1.82) is 0 Å². The molecular weight excluding hydrogens is 496 g/mol. The maximum absolute atomic E-state index is 10.7. The summed E-state index contributed by atoms with van der Waals surface area (Å²) in [5, 5.41) is 10.9. The highest BCUT2D eigenvalue weighted by Gasteiger charge is 2.40. The molecule has 0 unspecified atom stereocenters. The van der Waals surface area contributed by atoms with E-state index in [1.807, 2.05) is 42.5 Å². The summed E-state index contributed by atoms with van der Waals surface area (Å²) in [6.07, 6.45) is 3.54. The van der Waals surface area contributed by atoms with Crippen LogP contribution in [0.25, 0.3) is 6.08 Å². The molecule has 0 aliphatic rings. The summed E-state index contributed by atoms with van der Waals surface area (Å²) in [6, 6.07) is 11.8. The van der Waals surface area contributed by atoms with Gasteiger partial charge < -0.3 is 23.4 Å². The van der Waals surface area contributed by atoms with Gasteiger partial charge in [0.1, 0.15) is 11.5 Å². The standard InChI is InChI=1S/C30H48O5Si2/c1-29(2,3)36(9,10)34-25-17-14-22(20-27(25)32-7)13-16-24(31)19-23-15-18-26(28(21-23)33-8)35-37(11,12)30(4,5)6/h13-18,20-21,24,31H,19H2,1-12H3/b16-13+/t24-/m0/s1. The fourth-order valence-corrected chi connectivity index (χ4v) is 5.23. The Morgan fingerprint density at radius 2 is 1.19 bits per heavy atom. The van der Waals surface area contributed by atoms with E-state index in [0.29, 0.717) is 17.9 Å². The van der Waals surface area contributed by atoms with Gasteiger partial charge in [-0.25, -0.2) is 0 Å². The quantitative estimate of drug-likeness (QED) is 0.306. The molecule has 2 aromatic carbocycles. The summed E-state index contributed by atoms with van der Waals surface area (Å²) in [5.41, 5.74) is 1.92. The Bertz CT molecular complexity index is 1080. The molecule has 2 aromatic rings. The van der Waals surface area contributed by atoms with Crippen LogP contribution in [0.5, 0.6) is 23.0 Å². The van der Waals surface area contributed by atoms with Crippen LogP contribution >= 0.6 is 0 Å². The lowest BCUT2D eigenvalue weighted by Crippen LogP contribution is -2.43. The van der Waals surface area contributed by atoms with Crippen molar-refractivity contribution in [2.45, 2.75) is 90.3 Å². The van der Waals surface area contributed by atoms with E-state index in [9.17, 15) is 5.11 Å². The van der Waals surface area contributed by atoms with Gasteiger partial charge in [0.2, 0.25) is 0 Å². The molecule has 7 heteroatoms. The molecule has 0 aliphatic heterocycles. The average molecular weight is 545 g/mol. The van der Waals surface area contributed by atoms with E-state index in [4.69, 9.17) is 18.3 Å². The van der Waals surface area contributed by atoms with Gasteiger partial charge in [-0.05, 0) is 71.7 Å². The van der Waals surface area contributed by atoms with Crippen LogP contribution in [0.15, 0.2) is 42.5 Å². The van der Waals surface area contributed by atoms with Gasteiger partial charge in [-0.1, -0.05) is 65.8 Å². The first-order chi connectivity index (χ1) is 16.9. The van der Waals surface area contributed by atoms with Crippen LogP contribution in [0.3, 0.4) is 0 Å². The van der Waals surface area contributed by atoms with Crippen LogP contribution in [0.1, 0.15) is 52.7 Å². The Hall–Kier alpha value is -2.23. The van der Waals surface area contributed by atoms with Gasteiger partial charge in [0.15, 0.2) is 11.5 Å². The van der Waals surface area contributed by atoms with Crippen LogP contribution in [-0.2, 0) is 6.42 Å². The molecule has 0 saturated heterocycles. The molecule has 0 amide bonds. The van der Waals surface area contributed by atoms with Crippen molar-refractivity contribution < 1.29 is 23.4 Å². The number of hydrogen-bond acceptors (Lipinski definition) is 5. The lowest BCUT2D eigenvalue weighted by Gasteiger charge is -2.36. The van der Waals surface area contributed by atoms with Crippen LogP contribution in [0.2, 0.25) is 36.3 Å². The molecule has 1 N–H and O–H groups in total. The molecule has 0 bridgehead atoms. The zero-order valence-corrected chi connectivity index (χ0v) is 27.0. The summed E-state index contributed by atoms with van der Waals surface area (Å²) in [6.45, 7) is 22.2. The lowest BCUT2D eigenvalue weighted by atomic mass is 10.1. The number of hydrogen-bond donors (Lipinski definition) is 1. The Labute approximate surface area is 227 Å². The highest BCUT2D eigenvalue weighted by molar-refractivity contribution is 6.75. The first kappa shape index (κ1) is 31.0. The van der Waals surface area contributed by atoms with Crippen LogP contribution < -0.4 is 18.3 Å². The van der Waals surface area contributed by atoms with E-state index in [1.54, 1.807) is 20.3 Å². The Kier molecular flexibility index (Phi) is 9.77. The minimum absolute atomic E-state index is 0.0927. The molecule has 0 aromatic heterocycles. The second kappa shape index (κ2) is 11.7. The number of aliphatic hydroxyl groups is 1. The summed E-state index contributed by atoms with van der Waals surface area (Å²) in [7, 11) is -0.658. The predicted molar refractivity (Wildman–Crippen MR) is 160 cm³/mol. The van der Waals surface area contributed by atoms with Gasteiger partial charge in [0.05, 0.1) is 20.3 Å². The first-order valence-corrected chi connectivity index (χ1v) is 18.8. The second-order valence-electron chi connectivity index (χ2n) is 12.8. The minimum Gasteiger partial charge on any atom is -0.541 e. The lowest BCUT2D eigenvalue weighted by molar-refractivity contribution is 0.224. The van der Waals surface area contributed by atoms with E-state index < -0.39 is 22.7 Å². The van der Waals surface area contributed by atoms with Gasteiger partial charge in [0, 0.05) is 6.42 Å². The maximum Gasteiger partial charge on any atom is 0.250 e. The number of methoxy groups -OCH3 is 2. The van der Waals surface area contributed by atoms with E-state index in [0.717, 1.165) is 22.6 Å². The van der Waals surface area contributed by atoms with Gasteiger partial charge in [-0.15, -0.1) is 0 Å². The molecular formula is C30H48O5Si2. The molecule has 206 valence electrons. The highest BCUT2D eigenvalue weighted by Crippen LogP contribution is 2.41. The minimum atomic E-state index is -1.99. The summed E-state index contributed by atoms with van der Waals surface area (Å²) >= 11 is 0. The number of rotatable bonds is 10. The molecule has 5 nitrogen and oxygen atoms in total. The fourth-order valence-electron chi connectivity index (χ4n) is 3.18. The fraction of sp³-hybridized carbons (Fsp3) is 0.533. The number of aliphatic hydroxyl groups excluding tert-OH is 1. The van der Waals surface area contributed by atoms with Crippen molar-refractivity contribution in [2.75, 3.05) is 14.2 Å². The molecule has 0 fully saturated rings. The van der Waals surface area contributed by atoms with Crippen molar-refractivity contribution in [3.8, 4) is 23.0 Å². The number of benzene rings is 2. The predicted octanol–water partition coefficient (Wildman–Crippen LogP) is 8.09. The van der Waals surface area contributed by atoms with Crippen molar-refractivity contribution in [1.82, 2.24) is 0 Å². The SMILES string of the molecule is COc1cc(/C=C/[C@H](O)Cc2ccc(O[Si](C)(C)C(C)(C)C)c(OC)c2)ccc1O[Si](C)(C)C(C)(C)C. The maximum atomic E-state index is 10.7. The van der Waals surface area contributed by atoms with E-state index in [2.05, 4.69) is 67.7 Å². The topological polar surface area (TPSA) is 57.2 Å². The third-order valence-corrected chi connectivity index (χ3v) is 16.4. The Balaban J connectivity index is 2.14. The van der Waals surface area contributed by atoms with Gasteiger partial charge in [0.25, 0.3) is 16.6 Å². The van der Waals surface area contributed by atoms with Crippen LogP contribution in [-0.4, -0.2) is 42.1 Å². The summed E-state index contributed by atoms with van der Waals surface area (Å²) < 4.78 is 24.1. The van der Waals surface area contributed by atoms with Crippen molar-refractivity contribution in [2.24, 2.45) is 0 Å². The molecule has 0 radical (unpaired) electrons. The summed E-state index contributed by atoms with van der Waals surface area (Å²) in [4.78, 5) is 0. The van der Waals surface area contributed by atoms with Gasteiger partial charge >= 0.3 is 0 Å². The van der Waals surface area contributed by atoms with E-state index in [1.165, 1.54) is 0 Å². The van der Waals surface area contributed by atoms with Crippen LogP contribution in [0, 0.1) is 0 Å². The monoisotopic (exact) mass is 544 g/mol. The normalized spacial score (nSPS) is 14.0. The van der Waals surface area contributed by atoms with Gasteiger partial charge in [-0.2, -0.15) is 0 Å². The third-order valence-electron chi connectivity index (χ3n) is 7.71. The third kappa shape index (κ3) is 8.13. The first-order valence-electron chi connectivity index (χ1n) is 13.0. The molecule has 1 atom stereocenters. The average Bonchev–Trinajstić information content (AvgIpc) is 2.77. The molecule has 0 heterocycles. The zero-order valence-electron chi connectivity index (χ0n) is 25.0. The van der Waals surface area contributed by atoms with Crippen LogP contribution in [0.4, 0.5) is 0 Å². The molecule has 37 heavy (non-hydrogen) atoms. The zero-order chi connectivity index (χ0) is 28.2. The number of ether oxygens (including phenoxy) is 2. The Morgan fingerprint density at radius 3 is 1.65 bits per heavy atom. The van der Waals surface area contributed by atoms with E-state index in [-0.39, 0.29) is 10.1 Å². The smallest absolute Gasteiger partial charge is 0.250 e. The largest absolute Gasteiger partial charge is 0.541 e. The Morgan fingerprint density at radius 1 is 0.730 bits per heavy atom. The summed E-state index contributed by atoms with van der Waals surface area (Å²) in [5.74, 6) is 2.91.